The second-order valence-corrected chi connectivity index (χ2v) is 5.18. The Kier molecular flexibility index (Phi) is 3.85. The van der Waals surface area contributed by atoms with Crippen molar-refractivity contribution in [3.05, 3.63) is 0 Å². The molecule has 5 nitrogen and oxygen atoms in total. The first-order valence-corrected chi connectivity index (χ1v) is 6.54. The number of esters is 1. The second-order valence-electron chi connectivity index (χ2n) is 5.18. The number of ether oxygens (including phenoxy) is 1. The van der Waals surface area contributed by atoms with Crippen LogP contribution in [0.3, 0.4) is 0 Å². The molecule has 0 spiro atoms. The van der Waals surface area contributed by atoms with Crippen LogP contribution in [-0.4, -0.2) is 24.0 Å². The molecule has 2 aliphatic carbocycles. The van der Waals surface area contributed by atoms with E-state index in [2.05, 4.69) is 11.4 Å². The number of nitriles is 1. The minimum atomic E-state index is -0.749. The van der Waals surface area contributed by atoms with E-state index in [0.717, 1.165) is 32.1 Å². The molecule has 2 saturated carbocycles. The van der Waals surface area contributed by atoms with Gasteiger partial charge in [0.25, 0.3) is 5.91 Å². The zero-order valence-corrected chi connectivity index (χ0v) is 10.4. The van der Waals surface area contributed by atoms with Gasteiger partial charge in [-0.15, -0.1) is 0 Å². The number of nitrogens with zero attached hydrogens (tertiary/aromatic N) is 1. The van der Waals surface area contributed by atoms with Gasteiger partial charge in [0.15, 0.2) is 6.61 Å². The Morgan fingerprint density at radius 2 is 1.94 bits per heavy atom. The van der Waals surface area contributed by atoms with Crippen molar-refractivity contribution in [2.75, 3.05) is 6.61 Å². The Balaban J connectivity index is 1.78. The van der Waals surface area contributed by atoms with Crippen molar-refractivity contribution in [1.29, 1.82) is 5.26 Å². The van der Waals surface area contributed by atoms with E-state index in [-0.39, 0.29) is 24.4 Å². The summed E-state index contributed by atoms with van der Waals surface area (Å²) in [7, 11) is 0. The maximum atomic E-state index is 11.7. The number of carbonyl (C=O) groups excluding carboxylic acids is 2. The molecule has 5 heteroatoms. The van der Waals surface area contributed by atoms with Crippen LogP contribution in [0.1, 0.15) is 44.9 Å². The number of carbonyl (C=O) groups is 2. The SMILES string of the molecule is N#CC1(NC(=O)COC(=O)C2CC2)CCCCC1. The Bertz CT molecular complexity index is 376. The molecule has 0 bridgehead atoms. The molecule has 1 N–H and O–H groups in total. The van der Waals surface area contributed by atoms with E-state index >= 15 is 0 Å². The lowest BCUT2D eigenvalue weighted by Gasteiger charge is -2.31. The first kappa shape index (κ1) is 12.9. The van der Waals surface area contributed by atoms with Crippen LogP contribution in [0.5, 0.6) is 0 Å². The summed E-state index contributed by atoms with van der Waals surface area (Å²) in [5.74, 6) is -0.662. The van der Waals surface area contributed by atoms with Crippen LogP contribution in [0, 0.1) is 17.2 Å². The number of rotatable bonds is 4. The average Bonchev–Trinajstić information content (AvgIpc) is 3.21. The van der Waals surface area contributed by atoms with Crippen molar-refractivity contribution in [3.8, 4) is 6.07 Å². The van der Waals surface area contributed by atoms with Gasteiger partial charge in [-0.2, -0.15) is 5.26 Å². The number of hydrogen-bond donors (Lipinski definition) is 1. The van der Waals surface area contributed by atoms with Crippen LogP contribution in [0.15, 0.2) is 0 Å². The molecule has 0 aliphatic heterocycles. The molecule has 0 aromatic heterocycles. The van der Waals surface area contributed by atoms with Crippen molar-refractivity contribution in [2.45, 2.75) is 50.5 Å². The lowest BCUT2D eigenvalue weighted by atomic mass is 9.83. The van der Waals surface area contributed by atoms with Crippen LogP contribution in [0.4, 0.5) is 0 Å². The van der Waals surface area contributed by atoms with E-state index in [1.54, 1.807) is 0 Å². The predicted molar refractivity (Wildman–Crippen MR) is 63.3 cm³/mol. The average molecular weight is 250 g/mol. The first-order valence-electron chi connectivity index (χ1n) is 6.54. The molecule has 0 unspecified atom stereocenters. The second kappa shape index (κ2) is 5.38. The third-order valence-electron chi connectivity index (χ3n) is 3.56. The zero-order valence-electron chi connectivity index (χ0n) is 10.4. The van der Waals surface area contributed by atoms with E-state index in [9.17, 15) is 14.9 Å². The number of hydrogen-bond acceptors (Lipinski definition) is 4. The van der Waals surface area contributed by atoms with E-state index in [0.29, 0.717) is 12.8 Å². The summed E-state index contributed by atoms with van der Waals surface area (Å²) in [6, 6.07) is 2.20. The van der Waals surface area contributed by atoms with E-state index in [1.165, 1.54) is 0 Å². The summed E-state index contributed by atoms with van der Waals surface area (Å²) in [4.78, 5) is 23.0. The van der Waals surface area contributed by atoms with Gasteiger partial charge in [-0.1, -0.05) is 19.3 Å². The Hall–Kier alpha value is -1.57. The molecule has 1 amide bonds. The van der Waals surface area contributed by atoms with Crippen molar-refractivity contribution < 1.29 is 14.3 Å². The molecular formula is C13H18N2O3. The molecular weight excluding hydrogens is 232 g/mol. The standard InChI is InChI=1S/C13H18N2O3/c14-9-13(6-2-1-3-7-13)15-11(16)8-18-12(17)10-4-5-10/h10H,1-8H2,(H,15,16). The quantitative estimate of drug-likeness (QED) is 0.762. The predicted octanol–water partition coefficient (Wildman–Crippen LogP) is 1.28. The highest BCUT2D eigenvalue weighted by Gasteiger charge is 2.35. The smallest absolute Gasteiger partial charge is 0.309 e. The van der Waals surface area contributed by atoms with Gasteiger partial charge in [0.2, 0.25) is 0 Å². The molecule has 0 radical (unpaired) electrons. The highest BCUT2D eigenvalue weighted by molar-refractivity contribution is 5.82. The first-order chi connectivity index (χ1) is 8.65. The van der Waals surface area contributed by atoms with Gasteiger partial charge < -0.3 is 10.1 Å². The van der Waals surface area contributed by atoms with Gasteiger partial charge in [-0.3, -0.25) is 9.59 Å². The molecule has 2 rings (SSSR count). The monoisotopic (exact) mass is 250 g/mol. The zero-order chi connectivity index (χ0) is 13.0. The molecule has 0 aromatic carbocycles. The minimum Gasteiger partial charge on any atom is -0.455 e. The summed E-state index contributed by atoms with van der Waals surface area (Å²) in [5.41, 5.74) is -0.749. The van der Waals surface area contributed by atoms with Gasteiger partial charge in [0, 0.05) is 0 Å². The normalized spacial score (nSPS) is 21.7. The van der Waals surface area contributed by atoms with Crippen LogP contribution in [-0.2, 0) is 14.3 Å². The fourth-order valence-corrected chi connectivity index (χ4v) is 2.30. The van der Waals surface area contributed by atoms with Gasteiger partial charge in [0.05, 0.1) is 12.0 Å². The van der Waals surface area contributed by atoms with Crippen LogP contribution < -0.4 is 5.32 Å². The maximum absolute atomic E-state index is 11.7. The molecule has 2 fully saturated rings. The minimum absolute atomic E-state index is 0.00240. The van der Waals surface area contributed by atoms with Gasteiger partial charge in [0.1, 0.15) is 5.54 Å². The summed E-state index contributed by atoms with van der Waals surface area (Å²) in [6.45, 7) is -0.265. The summed E-state index contributed by atoms with van der Waals surface area (Å²) < 4.78 is 4.90. The van der Waals surface area contributed by atoms with Gasteiger partial charge in [-0.25, -0.2) is 0 Å². The van der Waals surface area contributed by atoms with Crippen molar-refractivity contribution in [3.63, 3.8) is 0 Å². The number of nitrogens with one attached hydrogen (secondary N) is 1. The maximum Gasteiger partial charge on any atom is 0.309 e. The van der Waals surface area contributed by atoms with E-state index < -0.39 is 5.54 Å². The molecule has 0 saturated heterocycles. The van der Waals surface area contributed by atoms with Crippen molar-refractivity contribution >= 4 is 11.9 Å². The lowest BCUT2D eigenvalue weighted by Crippen LogP contribution is -2.50. The third-order valence-corrected chi connectivity index (χ3v) is 3.56. The summed E-state index contributed by atoms with van der Waals surface area (Å²) in [6.07, 6.45) is 6.12. The van der Waals surface area contributed by atoms with E-state index in [4.69, 9.17) is 4.74 Å². The highest BCUT2D eigenvalue weighted by Crippen LogP contribution is 2.30. The van der Waals surface area contributed by atoms with Gasteiger partial charge >= 0.3 is 5.97 Å². The largest absolute Gasteiger partial charge is 0.455 e. The van der Waals surface area contributed by atoms with Crippen molar-refractivity contribution in [2.24, 2.45) is 5.92 Å². The summed E-state index contributed by atoms with van der Waals surface area (Å²) in [5, 5.41) is 11.9. The van der Waals surface area contributed by atoms with Crippen LogP contribution >= 0.6 is 0 Å². The topological polar surface area (TPSA) is 79.2 Å². The Morgan fingerprint density at radius 3 is 2.50 bits per heavy atom. The molecule has 0 aromatic rings. The van der Waals surface area contributed by atoms with Crippen LogP contribution in [0.2, 0.25) is 0 Å². The fraction of sp³-hybridized carbons (Fsp3) is 0.769. The molecule has 0 heterocycles. The van der Waals surface area contributed by atoms with E-state index in [1.807, 2.05) is 0 Å². The Morgan fingerprint density at radius 1 is 1.28 bits per heavy atom. The molecule has 18 heavy (non-hydrogen) atoms. The third kappa shape index (κ3) is 3.22. The van der Waals surface area contributed by atoms with Gasteiger partial charge in [-0.05, 0) is 25.7 Å². The molecule has 2 aliphatic rings. The summed E-state index contributed by atoms with van der Waals surface area (Å²) >= 11 is 0. The fourth-order valence-electron chi connectivity index (χ4n) is 2.30. The van der Waals surface area contributed by atoms with Crippen molar-refractivity contribution in [1.82, 2.24) is 5.32 Å². The van der Waals surface area contributed by atoms with Crippen LogP contribution in [0.25, 0.3) is 0 Å². The highest BCUT2D eigenvalue weighted by atomic mass is 16.5. The lowest BCUT2D eigenvalue weighted by molar-refractivity contribution is -0.150. The Labute approximate surface area is 106 Å². The number of amides is 1. The molecule has 98 valence electrons. The molecule has 0 atom stereocenters.